The second kappa shape index (κ2) is 7.15. The summed E-state index contributed by atoms with van der Waals surface area (Å²) in [7, 11) is 0. The highest BCUT2D eigenvalue weighted by Gasteiger charge is 2.02. The predicted octanol–water partition coefficient (Wildman–Crippen LogP) is 2.29. The van der Waals surface area contributed by atoms with Crippen molar-refractivity contribution in [2.75, 3.05) is 5.75 Å². The first-order valence-electron chi connectivity index (χ1n) is 4.07. The van der Waals surface area contributed by atoms with Crippen LogP contribution in [0.1, 0.15) is 26.7 Å². The van der Waals surface area contributed by atoms with E-state index in [1.807, 2.05) is 13.8 Å². The van der Waals surface area contributed by atoms with Crippen molar-refractivity contribution in [2.45, 2.75) is 32.8 Å². The lowest BCUT2D eigenvalue weighted by molar-refractivity contribution is -0.137. The van der Waals surface area contributed by atoms with Gasteiger partial charge in [0.25, 0.3) is 0 Å². The highest BCUT2D eigenvalue weighted by molar-refractivity contribution is 8.22. The highest BCUT2D eigenvalue weighted by Crippen LogP contribution is 2.10. The number of carboxylic acids is 1. The number of hydrogen-bond donors (Lipinski definition) is 1. The summed E-state index contributed by atoms with van der Waals surface area (Å²) in [6.45, 7) is 3.81. The fraction of sp³-hybridized carbons (Fsp3) is 0.750. The molecule has 0 aliphatic heterocycles. The Labute approximate surface area is 87.8 Å². The largest absolute Gasteiger partial charge is 0.481 e. The Morgan fingerprint density at radius 1 is 1.62 bits per heavy atom. The fourth-order valence-electron chi connectivity index (χ4n) is 0.605. The van der Waals surface area contributed by atoms with Crippen LogP contribution < -0.4 is 0 Å². The van der Waals surface area contributed by atoms with Gasteiger partial charge in [-0.25, -0.2) is 0 Å². The molecule has 0 bridgehead atoms. The van der Waals surface area contributed by atoms with Crippen molar-refractivity contribution in [3.63, 3.8) is 0 Å². The second-order valence-corrected chi connectivity index (χ2v) is 4.46. The number of carboxylic acid groups (broad SMARTS) is 1. The van der Waals surface area contributed by atoms with Crippen molar-refractivity contribution in [2.24, 2.45) is 0 Å². The van der Waals surface area contributed by atoms with E-state index in [9.17, 15) is 4.79 Å². The van der Waals surface area contributed by atoms with Gasteiger partial charge in [0.2, 0.25) is 4.38 Å². The van der Waals surface area contributed by atoms with E-state index in [1.165, 1.54) is 11.8 Å². The monoisotopic (exact) mass is 222 g/mol. The minimum atomic E-state index is -0.767. The molecule has 0 aromatic rings. The van der Waals surface area contributed by atoms with Gasteiger partial charge in [0, 0.05) is 12.2 Å². The van der Waals surface area contributed by atoms with Crippen LogP contribution in [-0.4, -0.2) is 27.3 Å². The van der Waals surface area contributed by atoms with Crippen LogP contribution >= 0.6 is 24.0 Å². The van der Waals surface area contributed by atoms with Crippen LogP contribution in [0.25, 0.3) is 0 Å². The van der Waals surface area contributed by atoms with Gasteiger partial charge in [0.05, 0.1) is 6.10 Å². The number of thioether (sulfide) groups is 1. The fourth-order valence-corrected chi connectivity index (χ4v) is 1.76. The standard InChI is InChI=1S/C8H14O3S2/c1-6(2)11-8(12)13-5-3-4-7(9)10/h6H,3-5H2,1-2H3,(H,9,10). The average Bonchev–Trinajstić information content (AvgIpc) is 1.96. The quantitative estimate of drug-likeness (QED) is 0.571. The minimum absolute atomic E-state index is 0.0967. The second-order valence-electron chi connectivity index (χ2n) is 2.76. The zero-order valence-electron chi connectivity index (χ0n) is 7.78. The van der Waals surface area contributed by atoms with Crippen molar-refractivity contribution in [3.05, 3.63) is 0 Å². The Balaban J connectivity index is 3.32. The molecule has 0 fully saturated rings. The van der Waals surface area contributed by atoms with E-state index in [2.05, 4.69) is 0 Å². The molecule has 0 rings (SSSR count). The van der Waals surface area contributed by atoms with Gasteiger partial charge in [-0.05, 0) is 32.5 Å². The topological polar surface area (TPSA) is 46.5 Å². The van der Waals surface area contributed by atoms with E-state index in [-0.39, 0.29) is 12.5 Å². The molecule has 13 heavy (non-hydrogen) atoms. The third-order valence-corrected chi connectivity index (χ3v) is 2.36. The van der Waals surface area contributed by atoms with E-state index < -0.39 is 5.97 Å². The highest BCUT2D eigenvalue weighted by atomic mass is 32.2. The molecule has 0 aromatic heterocycles. The number of ether oxygens (including phenoxy) is 1. The van der Waals surface area contributed by atoms with Crippen LogP contribution in [0, 0.1) is 0 Å². The molecule has 0 aliphatic rings. The Hall–Kier alpha value is -0.290. The first kappa shape index (κ1) is 12.7. The van der Waals surface area contributed by atoms with Crippen molar-refractivity contribution in [3.8, 4) is 0 Å². The maximum absolute atomic E-state index is 10.1. The lowest BCUT2D eigenvalue weighted by atomic mass is 10.3. The van der Waals surface area contributed by atoms with Crippen LogP contribution in [0.4, 0.5) is 0 Å². The van der Waals surface area contributed by atoms with Gasteiger partial charge in [-0.2, -0.15) is 0 Å². The molecule has 0 saturated carbocycles. The van der Waals surface area contributed by atoms with Crippen molar-refractivity contribution in [1.82, 2.24) is 0 Å². The molecule has 0 heterocycles. The average molecular weight is 222 g/mol. The summed E-state index contributed by atoms with van der Waals surface area (Å²) < 4.78 is 5.70. The van der Waals surface area contributed by atoms with Crippen molar-refractivity contribution in [1.29, 1.82) is 0 Å². The van der Waals surface area contributed by atoms with E-state index in [0.29, 0.717) is 16.6 Å². The van der Waals surface area contributed by atoms with Crippen molar-refractivity contribution >= 4 is 34.3 Å². The zero-order chi connectivity index (χ0) is 10.3. The summed E-state index contributed by atoms with van der Waals surface area (Å²) in [5.41, 5.74) is 0. The normalized spacial score (nSPS) is 10.1. The number of rotatable bonds is 5. The molecule has 0 radical (unpaired) electrons. The molecule has 0 saturated heterocycles. The summed E-state index contributed by atoms with van der Waals surface area (Å²) in [6, 6.07) is 0. The molecular weight excluding hydrogens is 208 g/mol. The van der Waals surface area contributed by atoms with Crippen LogP contribution in [0.3, 0.4) is 0 Å². The Morgan fingerprint density at radius 3 is 2.69 bits per heavy atom. The summed E-state index contributed by atoms with van der Waals surface area (Å²) >= 11 is 6.30. The first-order chi connectivity index (χ1) is 6.02. The molecule has 0 aliphatic carbocycles. The van der Waals surface area contributed by atoms with Crippen LogP contribution in [0.15, 0.2) is 0 Å². The molecular formula is C8H14O3S2. The Morgan fingerprint density at radius 2 is 2.23 bits per heavy atom. The molecule has 3 nitrogen and oxygen atoms in total. The third-order valence-electron chi connectivity index (χ3n) is 1.09. The summed E-state index contributed by atoms with van der Waals surface area (Å²) in [6.07, 6.45) is 0.915. The van der Waals surface area contributed by atoms with Gasteiger partial charge in [0.15, 0.2) is 0 Å². The molecule has 76 valence electrons. The Kier molecular flexibility index (Phi) is 6.99. The first-order valence-corrected chi connectivity index (χ1v) is 5.47. The molecule has 5 heteroatoms. The lowest BCUT2D eigenvalue weighted by Gasteiger charge is -2.08. The molecule has 0 unspecified atom stereocenters. The maximum Gasteiger partial charge on any atom is 0.303 e. The number of thiocarbonyl (C=S) groups is 1. The third kappa shape index (κ3) is 9.63. The maximum atomic E-state index is 10.1. The zero-order valence-corrected chi connectivity index (χ0v) is 9.41. The van der Waals surface area contributed by atoms with Crippen molar-refractivity contribution < 1.29 is 14.6 Å². The van der Waals surface area contributed by atoms with E-state index in [1.54, 1.807) is 0 Å². The van der Waals surface area contributed by atoms with Gasteiger partial charge < -0.3 is 9.84 Å². The summed E-state index contributed by atoms with van der Waals surface area (Å²) in [5.74, 6) is -0.0611. The van der Waals surface area contributed by atoms with Gasteiger partial charge in [0.1, 0.15) is 0 Å². The Bertz CT molecular complexity index is 180. The molecule has 0 spiro atoms. The van der Waals surface area contributed by atoms with Crippen LogP contribution in [0.2, 0.25) is 0 Å². The van der Waals surface area contributed by atoms with Gasteiger partial charge in [-0.3, -0.25) is 4.79 Å². The minimum Gasteiger partial charge on any atom is -0.481 e. The van der Waals surface area contributed by atoms with E-state index in [0.717, 1.165) is 0 Å². The molecule has 0 atom stereocenters. The lowest BCUT2D eigenvalue weighted by Crippen LogP contribution is -2.06. The van der Waals surface area contributed by atoms with Crippen LogP contribution in [-0.2, 0) is 9.53 Å². The summed E-state index contributed by atoms with van der Waals surface area (Å²) in [4.78, 5) is 10.1. The van der Waals surface area contributed by atoms with E-state index in [4.69, 9.17) is 22.1 Å². The number of carbonyl (C=O) groups is 1. The molecule has 0 amide bonds. The molecule has 1 N–H and O–H groups in total. The number of hydrogen-bond acceptors (Lipinski definition) is 4. The number of aliphatic carboxylic acids is 1. The summed E-state index contributed by atoms with van der Waals surface area (Å²) in [5, 5.41) is 8.35. The van der Waals surface area contributed by atoms with Gasteiger partial charge in [-0.15, -0.1) is 0 Å². The predicted molar refractivity (Wildman–Crippen MR) is 58.1 cm³/mol. The SMILES string of the molecule is CC(C)OC(=S)SCCCC(=O)O. The van der Waals surface area contributed by atoms with Gasteiger partial charge >= 0.3 is 5.97 Å². The van der Waals surface area contributed by atoms with E-state index >= 15 is 0 Å². The smallest absolute Gasteiger partial charge is 0.303 e. The van der Waals surface area contributed by atoms with Gasteiger partial charge in [-0.1, -0.05) is 11.8 Å². The van der Waals surface area contributed by atoms with Crippen LogP contribution in [0.5, 0.6) is 0 Å². The molecule has 0 aromatic carbocycles.